The molecule has 5 heteroatoms. The van der Waals surface area contributed by atoms with Gasteiger partial charge in [-0.25, -0.2) is 4.39 Å². The molecule has 0 heterocycles. The summed E-state index contributed by atoms with van der Waals surface area (Å²) in [6.45, 7) is 1.82. The number of carbonyl (C=O) groups excluding carboxylic acids is 2. The van der Waals surface area contributed by atoms with Crippen LogP contribution in [0.2, 0.25) is 0 Å². The summed E-state index contributed by atoms with van der Waals surface area (Å²) in [5.41, 5.74) is 0.446. The van der Waals surface area contributed by atoms with Crippen LogP contribution in [-0.4, -0.2) is 24.4 Å². The Morgan fingerprint density at radius 3 is 2.79 bits per heavy atom. The molecule has 19 heavy (non-hydrogen) atoms. The zero-order valence-electron chi connectivity index (χ0n) is 10.8. The van der Waals surface area contributed by atoms with E-state index >= 15 is 0 Å². The Labute approximate surface area is 111 Å². The summed E-state index contributed by atoms with van der Waals surface area (Å²) in [7, 11) is 0. The first-order valence-electron chi connectivity index (χ1n) is 6.40. The lowest BCUT2D eigenvalue weighted by atomic mass is 10.1. The summed E-state index contributed by atoms with van der Waals surface area (Å²) in [6.07, 6.45) is 2.29. The first kappa shape index (κ1) is 13.5. The number of hydrogen-bond acceptors (Lipinski definition) is 2. The van der Waals surface area contributed by atoms with Crippen molar-refractivity contribution in [1.29, 1.82) is 0 Å². The van der Waals surface area contributed by atoms with E-state index in [1.807, 2.05) is 0 Å². The van der Waals surface area contributed by atoms with Crippen molar-refractivity contribution in [1.82, 2.24) is 10.6 Å². The minimum absolute atomic E-state index is 0.0163. The third-order valence-electron chi connectivity index (χ3n) is 3.02. The summed E-state index contributed by atoms with van der Waals surface area (Å²) in [5.74, 6) is -1.07. The van der Waals surface area contributed by atoms with E-state index in [4.69, 9.17) is 0 Å². The maximum absolute atomic E-state index is 13.7. The second-order valence-electron chi connectivity index (χ2n) is 4.78. The maximum Gasteiger partial charge on any atom is 0.254 e. The normalized spacial score (nSPS) is 14.0. The monoisotopic (exact) mass is 264 g/mol. The van der Waals surface area contributed by atoms with E-state index in [9.17, 15) is 14.0 Å². The van der Waals surface area contributed by atoms with Crippen LogP contribution in [0.15, 0.2) is 18.2 Å². The van der Waals surface area contributed by atoms with Crippen LogP contribution >= 0.6 is 0 Å². The van der Waals surface area contributed by atoms with E-state index in [0.717, 1.165) is 12.8 Å². The summed E-state index contributed by atoms with van der Waals surface area (Å²) in [5, 5.41) is 5.38. The number of halogens is 1. The predicted octanol–water partition coefficient (Wildman–Crippen LogP) is 1.53. The van der Waals surface area contributed by atoms with Gasteiger partial charge in [-0.2, -0.15) is 0 Å². The molecule has 0 saturated heterocycles. The van der Waals surface area contributed by atoms with Crippen molar-refractivity contribution in [3.8, 4) is 0 Å². The number of benzene rings is 1. The Morgan fingerprint density at radius 1 is 1.37 bits per heavy atom. The molecule has 102 valence electrons. The number of rotatable bonds is 5. The molecule has 4 nitrogen and oxygen atoms in total. The highest BCUT2D eigenvalue weighted by molar-refractivity contribution is 5.94. The first-order valence-corrected chi connectivity index (χ1v) is 6.40. The second-order valence-corrected chi connectivity index (χ2v) is 4.78. The number of hydrogen-bond donors (Lipinski definition) is 2. The van der Waals surface area contributed by atoms with Crippen molar-refractivity contribution in [2.75, 3.05) is 6.54 Å². The van der Waals surface area contributed by atoms with Gasteiger partial charge in [0.1, 0.15) is 5.82 Å². The smallest absolute Gasteiger partial charge is 0.254 e. The molecule has 1 aromatic rings. The minimum atomic E-state index is -0.512. The zero-order valence-corrected chi connectivity index (χ0v) is 10.8. The summed E-state index contributed by atoms with van der Waals surface area (Å²) >= 11 is 0. The predicted molar refractivity (Wildman–Crippen MR) is 69.3 cm³/mol. The molecule has 1 fully saturated rings. The molecule has 0 spiro atoms. The molecular formula is C14H17FN2O2. The number of aryl methyl sites for hydroxylation is 1. The Balaban J connectivity index is 1.80. The summed E-state index contributed by atoms with van der Waals surface area (Å²) in [6, 6.07) is 4.99. The maximum atomic E-state index is 13.7. The third kappa shape index (κ3) is 3.77. The fourth-order valence-corrected chi connectivity index (χ4v) is 1.74. The van der Waals surface area contributed by atoms with Crippen LogP contribution < -0.4 is 10.6 Å². The van der Waals surface area contributed by atoms with Crippen LogP contribution in [0.1, 0.15) is 35.2 Å². The molecule has 2 N–H and O–H groups in total. The topological polar surface area (TPSA) is 58.2 Å². The fourth-order valence-electron chi connectivity index (χ4n) is 1.74. The van der Waals surface area contributed by atoms with Crippen molar-refractivity contribution in [2.45, 2.75) is 32.2 Å². The molecule has 1 aliphatic rings. The van der Waals surface area contributed by atoms with Crippen LogP contribution in [0.25, 0.3) is 0 Å². The number of amides is 2. The molecule has 0 bridgehead atoms. The van der Waals surface area contributed by atoms with Crippen molar-refractivity contribution in [3.63, 3.8) is 0 Å². The Bertz CT molecular complexity index is 498. The van der Waals surface area contributed by atoms with Gasteiger partial charge in [0.25, 0.3) is 5.91 Å². The highest BCUT2D eigenvalue weighted by Crippen LogP contribution is 2.18. The zero-order chi connectivity index (χ0) is 13.8. The lowest BCUT2D eigenvalue weighted by Crippen LogP contribution is -2.32. The molecular weight excluding hydrogens is 247 g/mol. The van der Waals surface area contributed by atoms with E-state index in [1.165, 1.54) is 6.07 Å². The first-order chi connectivity index (χ1) is 9.08. The summed E-state index contributed by atoms with van der Waals surface area (Å²) < 4.78 is 13.7. The second kappa shape index (κ2) is 5.82. The lowest BCUT2D eigenvalue weighted by Gasteiger charge is -2.07. The number of carbonyl (C=O) groups is 2. The van der Waals surface area contributed by atoms with Gasteiger partial charge < -0.3 is 10.6 Å². The van der Waals surface area contributed by atoms with Gasteiger partial charge in [-0.15, -0.1) is 0 Å². The SMILES string of the molecule is Cc1cccc(C(=O)NCCC(=O)NC2CC2)c1F. The van der Waals surface area contributed by atoms with Gasteiger partial charge in [-0.1, -0.05) is 12.1 Å². The fraction of sp³-hybridized carbons (Fsp3) is 0.429. The van der Waals surface area contributed by atoms with Gasteiger partial charge in [0.15, 0.2) is 0 Å². The van der Waals surface area contributed by atoms with Gasteiger partial charge in [-0.05, 0) is 31.4 Å². The molecule has 1 aliphatic carbocycles. The molecule has 2 rings (SSSR count). The molecule has 0 unspecified atom stereocenters. The van der Waals surface area contributed by atoms with Crippen LogP contribution in [0.4, 0.5) is 4.39 Å². The van der Waals surface area contributed by atoms with Crippen molar-refractivity contribution in [3.05, 3.63) is 35.1 Å². The van der Waals surface area contributed by atoms with E-state index in [0.29, 0.717) is 11.6 Å². The van der Waals surface area contributed by atoms with Gasteiger partial charge in [-0.3, -0.25) is 9.59 Å². The van der Waals surface area contributed by atoms with Gasteiger partial charge in [0.2, 0.25) is 5.91 Å². The van der Waals surface area contributed by atoms with Gasteiger partial charge in [0, 0.05) is 19.0 Å². The molecule has 1 aromatic carbocycles. The van der Waals surface area contributed by atoms with Crippen LogP contribution in [0.5, 0.6) is 0 Å². The average molecular weight is 264 g/mol. The van der Waals surface area contributed by atoms with Crippen molar-refractivity contribution >= 4 is 11.8 Å². The highest BCUT2D eigenvalue weighted by Gasteiger charge is 2.23. The molecule has 0 aromatic heterocycles. The summed E-state index contributed by atoms with van der Waals surface area (Å²) in [4.78, 5) is 23.1. The molecule has 0 radical (unpaired) electrons. The Kier molecular flexibility index (Phi) is 4.14. The average Bonchev–Trinajstić information content (AvgIpc) is 3.16. The molecule has 0 atom stereocenters. The largest absolute Gasteiger partial charge is 0.353 e. The van der Waals surface area contributed by atoms with Crippen molar-refractivity contribution < 1.29 is 14.0 Å². The van der Waals surface area contributed by atoms with E-state index < -0.39 is 11.7 Å². The van der Waals surface area contributed by atoms with Gasteiger partial charge >= 0.3 is 0 Å². The van der Waals surface area contributed by atoms with E-state index in [-0.39, 0.29) is 24.4 Å². The van der Waals surface area contributed by atoms with E-state index in [1.54, 1.807) is 19.1 Å². The highest BCUT2D eigenvalue weighted by atomic mass is 19.1. The molecule has 0 aliphatic heterocycles. The quantitative estimate of drug-likeness (QED) is 0.847. The molecule has 2 amide bonds. The van der Waals surface area contributed by atoms with Crippen LogP contribution in [-0.2, 0) is 4.79 Å². The molecule has 1 saturated carbocycles. The van der Waals surface area contributed by atoms with Gasteiger partial charge in [0.05, 0.1) is 5.56 Å². The van der Waals surface area contributed by atoms with Crippen LogP contribution in [0.3, 0.4) is 0 Å². The Morgan fingerprint density at radius 2 is 2.11 bits per heavy atom. The Hall–Kier alpha value is -1.91. The lowest BCUT2D eigenvalue weighted by molar-refractivity contribution is -0.121. The van der Waals surface area contributed by atoms with Crippen molar-refractivity contribution in [2.24, 2.45) is 0 Å². The minimum Gasteiger partial charge on any atom is -0.353 e. The standard InChI is InChI=1S/C14H17FN2O2/c1-9-3-2-4-11(13(9)15)14(19)16-8-7-12(18)17-10-5-6-10/h2-4,10H,5-8H2,1H3,(H,16,19)(H,17,18). The van der Waals surface area contributed by atoms with Crippen LogP contribution in [0, 0.1) is 12.7 Å². The number of nitrogens with one attached hydrogen (secondary N) is 2. The third-order valence-corrected chi connectivity index (χ3v) is 3.02. The van der Waals surface area contributed by atoms with E-state index in [2.05, 4.69) is 10.6 Å².